The number of ether oxygens (including phenoxy) is 1. The number of rotatable bonds is 14. The number of amides is 1. The number of aromatic nitrogens is 6. The smallest absolute Gasteiger partial charge is 0.319 e. The molecular formula is C56H71FN12O4. The van der Waals surface area contributed by atoms with Gasteiger partial charge in [0.25, 0.3) is 0 Å². The van der Waals surface area contributed by atoms with E-state index in [4.69, 9.17) is 9.72 Å². The minimum atomic E-state index is -0.439. The van der Waals surface area contributed by atoms with Crippen LogP contribution in [0.5, 0.6) is 17.5 Å². The van der Waals surface area contributed by atoms with Crippen molar-refractivity contribution in [1.29, 1.82) is 0 Å². The van der Waals surface area contributed by atoms with E-state index in [-0.39, 0.29) is 28.9 Å². The third kappa shape index (κ3) is 12.5. The first-order valence-corrected chi connectivity index (χ1v) is 25.8. The summed E-state index contributed by atoms with van der Waals surface area (Å²) >= 11 is 0. The van der Waals surface area contributed by atoms with Crippen LogP contribution < -0.4 is 25.6 Å². The molecule has 16 nitrogen and oxygen atoms in total. The zero-order valence-corrected chi connectivity index (χ0v) is 43.1. The van der Waals surface area contributed by atoms with Gasteiger partial charge in [-0.05, 0) is 92.7 Å². The van der Waals surface area contributed by atoms with Crippen LogP contribution in [-0.2, 0) is 11.3 Å². The molecule has 3 aliphatic rings. The number of phenolic OH excluding ortho intramolecular Hbond substituents is 2. The normalized spacial score (nSPS) is 17.3. The van der Waals surface area contributed by atoms with Gasteiger partial charge >= 0.3 is 6.01 Å². The predicted molar refractivity (Wildman–Crippen MR) is 287 cm³/mol. The van der Waals surface area contributed by atoms with Crippen LogP contribution in [0.1, 0.15) is 76.2 Å². The van der Waals surface area contributed by atoms with Gasteiger partial charge in [-0.15, -0.1) is 10.2 Å². The molecule has 0 radical (unpaired) electrons. The van der Waals surface area contributed by atoms with E-state index in [2.05, 4.69) is 89.1 Å². The van der Waals surface area contributed by atoms with Crippen LogP contribution >= 0.6 is 0 Å². The van der Waals surface area contributed by atoms with Gasteiger partial charge in [0.1, 0.15) is 41.0 Å². The second-order valence-corrected chi connectivity index (χ2v) is 19.4. The van der Waals surface area contributed by atoms with Crippen LogP contribution in [0.15, 0.2) is 85.1 Å². The number of fused-ring (bicyclic) bond motifs is 2. The number of carbonyl (C=O) groups is 1. The Labute approximate surface area is 428 Å². The lowest BCUT2D eigenvalue weighted by Crippen LogP contribution is -2.51. The molecule has 7 aromatic rings. The fourth-order valence-electron chi connectivity index (χ4n) is 9.91. The second kappa shape index (κ2) is 24.8. The molecule has 0 bridgehead atoms. The number of anilines is 1. The van der Waals surface area contributed by atoms with Gasteiger partial charge in [0.05, 0.1) is 10.9 Å². The molecule has 2 atom stereocenters. The summed E-state index contributed by atoms with van der Waals surface area (Å²) in [6, 6.07) is 26.4. The number of aromatic hydroxyl groups is 2. The van der Waals surface area contributed by atoms with Crippen molar-refractivity contribution in [2.45, 2.75) is 84.8 Å². The van der Waals surface area contributed by atoms with E-state index < -0.39 is 5.82 Å². The largest absolute Gasteiger partial charge is 0.508 e. The molecule has 1 unspecified atom stereocenters. The molecule has 5 N–H and O–H groups in total. The summed E-state index contributed by atoms with van der Waals surface area (Å²) < 4.78 is 24.5. The second-order valence-electron chi connectivity index (χ2n) is 19.4. The van der Waals surface area contributed by atoms with Gasteiger partial charge < -0.3 is 40.7 Å². The number of carbonyl (C=O) groups excluding carboxylic acids is 1. The molecule has 4 aromatic carbocycles. The Morgan fingerprint density at radius 3 is 2.40 bits per heavy atom. The number of halogens is 1. The molecule has 3 aliphatic heterocycles. The topological polar surface area (TPSA) is 182 Å². The third-order valence-electron chi connectivity index (χ3n) is 13.9. The van der Waals surface area contributed by atoms with Crippen molar-refractivity contribution in [3.63, 3.8) is 0 Å². The number of likely N-dealkylation sites (tertiary alicyclic amines) is 1. The van der Waals surface area contributed by atoms with Crippen molar-refractivity contribution in [2.75, 3.05) is 77.5 Å². The lowest BCUT2D eigenvalue weighted by Gasteiger charge is -2.35. The number of pyridine rings is 1. The Bertz CT molecular complexity index is 2940. The molecule has 3 saturated heterocycles. The maximum absolute atomic E-state index is 16.4. The first kappa shape index (κ1) is 52.5. The minimum absolute atomic E-state index is 0.0131. The third-order valence-corrected chi connectivity index (χ3v) is 13.9. The minimum Gasteiger partial charge on any atom is -0.508 e. The van der Waals surface area contributed by atoms with Gasteiger partial charge in [0, 0.05) is 94.5 Å². The van der Waals surface area contributed by atoms with Crippen molar-refractivity contribution in [1.82, 2.24) is 55.5 Å². The maximum atomic E-state index is 16.4. The highest BCUT2D eigenvalue weighted by Crippen LogP contribution is 2.39. The van der Waals surface area contributed by atoms with Crippen LogP contribution in [0.2, 0.25) is 0 Å². The molecule has 3 fully saturated rings. The Kier molecular flexibility index (Phi) is 17.8. The van der Waals surface area contributed by atoms with Crippen LogP contribution in [-0.4, -0.2) is 141 Å². The SMILES string of the molecule is CCCC1CN(c2nc(OC[C@@H]3CCCN3C)nc3c(F)c(-c4cccc5ccccc45)ncc23)CCN1.CCNC=O.Cc1nnc(-c2cc(C(C)C)c(O)cc2O)n1-c1ccc(CN2CCNCC2)cc1. The van der Waals surface area contributed by atoms with Crippen LogP contribution in [0.4, 0.5) is 10.2 Å². The van der Waals surface area contributed by atoms with Gasteiger partial charge in [-0.25, -0.2) is 4.39 Å². The Balaban J connectivity index is 0.000000183. The maximum Gasteiger partial charge on any atom is 0.319 e. The van der Waals surface area contributed by atoms with Crippen molar-refractivity contribution in [3.8, 4) is 45.8 Å². The Hall–Kier alpha value is -6.79. The fraction of sp³-hybridized carbons (Fsp3) is 0.429. The number of piperazine rings is 2. The number of benzene rings is 4. The quantitative estimate of drug-likeness (QED) is 0.0662. The van der Waals surface area contributed by atoms with E-state index in [0.29, 0.717) is 53.4 Å². The van der Waals surface area contributed by atoms with Crippen LogP contribution in [0, 0.1) is 12.7 Å². The summed E-state index contributed by atoms with van der Waals surface area (Å²) in [6.45, 7) is 19.8. The average molecular weight is 995 g/mol. The summed E-state index contributed by atoms with van der Waals surface area (Å²) in [7, 11) is 2.12. The molecule has 0 aliphatic carbocycles. The van der Waals surface area contributed by atoms with E-state index in [1.165, 1.54) is 11.6 Å². The molecule has 1 amide bonds. The summed E-state index contributed by atoms with van der Waals surface area (Å²) in [5.41, 5.74) is 4.83. The molecule has 73 heavy (non-hydrogen) atoms. The lowest BCUT2D eigenvalue weighted by atomic mass is 9.98. The van der Waals surface area contributed by atoms with Gasteiger partial charge in [0.15, 0.2) is 11.6 Å². The molecule has 0 saturated carbocycles. The molecule has 0 spiro atoms. The van der Waals surface area contributed by atoms with Crippen molar-refractivity contribution < 1.29 is 24.1 Å². The van der Waals surface area contributed by atoms with E-state index in [1.54, 1.807) is 12.3 Å². The number of hydrogen-bond donors (Lipinski definition) is 5. The van der Waals surface area contributed by atoms with Gasteiger partial charge in [-0.3, -0.25) is 19.2 Å². The summed E-state index contributed by atoms with van der Waals surface area (Å²) in [5.74, 6) is 1.74. The standard InChI is InChI=1S/C30H35FN6O.C23H29N5O2.C3H7NO/c1-3-8-21-18-37(16-14-32-21)29-25-17-33-27(24-13-6-10-20-9-4-5-12-23(20)24)26(31)28(25)34-30(35-29)38-19-22-11-7-15-36(22)2;1-15(2)19-12-20(22(30)13-21(19)29)23-26-25-16(3)28(23)18-6-4-17(5-7-18)14-27-10-8-24-9-11-27;1-2-4-3-5/h4-6,9-10,12-13,17,21-22,32H,3,7-8,11,14-16,18-19H2,1-2H3;4-7,12-13,15,24,29-30H,8-11,14H2,1-3H3;3H,2H2,1H3,(H,4,5)/t21?,22-;;/m0../s1. The van der Waals surface area contributed by atoms with Gasteiger partial charge in [-0.2, -0.15) is 9.97 Å². The number of nitrogens with one attached hydrogen (secondary N) is 3. The number of nitrogens with zero attached hydrogens (tertiary/aromatic N) is 9. The first-order valence-electron chi connectivity index (χ1n) is 25.8. The predicted octanol–water partition coefficient (Wildman–Crippen LogP) is 7.97. The zero-order chi connectivity index (χ0) is 51.4. The Morgan fingerprint density at radius 1 is 0.904 bits per heavy atom. The molecule has 6 heterocycles. The molecule has 3 aromatic heterocycles. The highest BCUT2D eigenvalue weighted by molar-refractivity contribution is 5.99. The number of phenols is 2. The van der Waals surface area contributed by atoms with Gasteiger partial charge in [0.2, 0.25) is 6.41 Å². The summed E-state index contributed by atoms with van der Waals surface area (Å²) in [6.07, 6.45) is 6.83. The van der Waals surface area contributed by atoms with Crippen molar-refractivity contribution in [2.24, 2.45) is 0 Å². The summed E-state index contributed by atoms with van der Waals surface area (Å²) in [4.78, 5) is 30.4. The van der Waals surface area contributed by atoms with Crippen molar-refractivity contribution in [3.05, 3.63) is 108 Å². The van der Waals surface area contributed by atoms with E-state index in [9.17, 15) is 15.0 Å². The van der Waals surface area contributed by atoms with Crippen LogP contribution in [0.25, 0.3) is 50.0 Å². The van der Waals surface area contributed by atoms with E-state index in [0.717, 1.165) is 125 Å². The highest BCUT2D eigenvalue weighted by atomic mass is 19.1. The zero-order valence-electron chi connectivity index (χ0n) is 43.1. The number of likely N-dealkylation sites (N-methyl/N-ethyl adjacent to an activating group) is 1. The van der Waals surface area contributed by atoms with Crippen molar-refractivity contribution >= 4 is 33.9 Å². The lowest BCUT2D eigenvalue weighted by molar-refractivity contribution is -0.109. The van der Waals surface area contributed by atoms with Crippen LogP contribution in [0.3, 0.4) is 0 Å². The molecule has 386 valence electrons. The number of hydrogen-bond acceptors (Lipinski definition) is 14. The van der Waals surface area contributed by atoms with Gasteiger partial charge in [-0.1, -0.05) is 81.8 Å². The molecule has 10 rings (SSSR count). The Morgan fingerprint density at radius 2 is 1.68 bits per heavy atom. The summed E-state index contributed by atoms with van der Waals surface area (Å²) in [5, 5.41) is 41.3. The van der Waals surface area contributed by atoms with E-state index >= 15 is 4.39 Å². The number of aryl methyl sites for hydroxylation is 1. The first-order chi connectivity index (χ1) is 35.5. The molecular weight excluding hydrogens is 924 g/mol. The molecule has 17 heteroatoms. The monoisotopic (exact) mass is 995 g/mol. The van der Waals surface area contributed by atoms with E-state index in [1.807, 2.05) is 74.7 Å². The highest BCUT2D eigenvalue weighted by Gasteiger charge is 2.27. The average Bonchev–Trinajstić information content (AvgIpc) is 4.00. The fourth-order valence-corrected chi connectivity index (χ4v) is 9.91.